The summed E-state index contributed by atoms with van der Waals surface area (Å²) in [5, 5.41) is 6.79. The normalized spacial score (nSPS) is 21.8. The van der Waals surface area contributed by atoms with Crippen LogP contribution in [0.25, 0.3) is 0 Å². The van der Waals surface area contributed by atoms with E-state index >= 15 is 0 Å². The Hall–Kier alpha value is -1.98. The molecule has 1 saturated carbocycles. The molecule has 136 valence electrons. The van der Waals surface area contributed by atoms with Gasteiger partial charge in [-0.25, -0.2) is 9.59 Å². The molecule has 0 aromatic heterocycles. The number of ether oxygens (including phenoxy) is 2. The lowest BCUT2D eigenvalue weighted by atomic mass is 9.90. The van der Waals surface area contributed by atoms with Gasteiger partial charge >= 0.3 is 11.9 Å². The molecule has 2 atom stereocenters. The lowest BCUT2D eigenvalue weighted by molar-refractivity contribution is -0.138. The van der Waals surface area contributed by atoms with Crippen LogP contribution in [-0.4, -0.2) is 37.2 Å². The van der Waals surface area contributed by atoms with Crippen molar-refractivity contribution in [2.24, 2.45) is 0 Å². The van der Waals surface area contributed by atoms with Crippen LogP contribution in [0.4, 0.5) is 0 Å². The van der Waals surface area contributed by atoms with Gasteiger partial charge in [-0.15, -0.1) is 0 Å². The average Bonchev–Trinajstić information content (AvgIpc) is 2.49. The Morgan fingerprint density at radius 3 is 1.58 bits per heavy atom. The first kappa shape index (κ1) is 20.1. The number of nitrogens with one attached hydrogen (secondary N) is 2. The van der Waals surface area contributed by atoms with E-state index in [2.05, 4.69) is 10.6 Å². The Morgan fingerprint density at radius 1 is 0.875 bits per heavy atom. The number of hydrogen-bond acceptors (Lipinski definition) is 6. The summed E-state index contributed by atoms with van der Waals surface area (Å²) >= 11 is 0. The highest BCUT2D eigenvalue weighted by Gasteiger charge is 2.25. The van der Waals surface area contributed by atoms with E-state index < -0.39 is 0 Å². The van der Waals surface area contributed by atoms with E-state index in [1.165, 1.54) is 12.2 Å². The lowest BCUT2D eigenvalue weighted by Gasteiger charge is -2.34. The summed E-state index contributed by atoms with van der Waals surface area (Å²) < 4.78 is 9.86. The van der Waals surface area contributed by atoms with E-state index in [1.807, 2.05) is 13.8 Å². The maximum atomic E-state index is 11.5. The molecule has 1 aliphatic rings. The average molecular weight is 338 g/mol. The Bertz CT molecular complexity index is 441. The minimum absolute atomic E-state index is 0.204. The number of hydrogen-bond donors (Lipinski definition) is 2. The first-order chi connectivity index (χ1) is 11.5. The Kier molecular flexibility index (Phi) is 8.97. The molecule has 24 heavy (non-hydrogen) atoms. The molecule has 6 heteroatoms. The summed E-state index contributed by atoms with van der Waals surface area (Å²) in [7, 11) is 0. The van der Waals surface area contributed by atoms with Gasteiger partial charge in [-0.05, 0) is 40.5 Å². The van der Waals surface area contributed by atoms with Crippen LogP contribution in [0.3, 0.4) is 0 Å². The fourth-order valence-corrected chi connectivity index (χ4v) is 2.87. The quantitative estimate of drug-likeness (QED) is 0.523. The van der Waals surface area contributed by atoms with E-state index in [0.29, 0.717) is 13.2 Å². The van der Waals surface area contributed by atoms with Crippen LogP contribution in [-0.2, 0) is 19.1 Å². The number of allylic oxidation sites excluding steroid dienone is 2. The molecule has 0 aromatic rings. The molecule has 0 bridgehead atoms. The fraction of sp³-hybridized carbons (Fsp3) is 0.667. The molecular formula is C18H30N2O4. The zero-order valence-corrected chi connectivity index (χ0v) is 15.2. The van der Waals surface area contributed by atoms with E-state index in [9.17, 15) is 9.59 Å². The highest BCUT2D eigenvalue weighted by molar-refractivity contribution is 5.83. The molecule has 6 nitrogen and oxygen atoms in total. The summed E-state index contributed by atoms with van der Waals surface area (Å²) in [4.78, 5) is 23.0. The number of carbonyl (C=O) groups excluding carboxylic acids is 2. The zero-order valence-electron chi connectivity index (χ0n) is 15.2. The SMILES string of the molecule is CCOC(=O)/C=C(/C)N[C@H]1CCCC[C@@H]1N/C(C)=C\C(=O)OCC. The maximum Gasteiger partial charge on any atom is 0.332 e. The van der Waals surface area contributed by atoms with E-state index in [-0.39, 0.29) is 24.0 Å². The molecule has 0 spiro atoms. The molecule has 0 aliphatic heterocycles. The molecule has 2 N–H and O–H groups in total. The molecule has 0 radical (unpaired) electrons. The summed E-state index contributed by atoms with van der Waals surface area (Å²) in [6, 6.07) is 0.407. The van der Waals surface area contributed by atoms with Gasteiger partial charge in [0, 0.05) is 35.6 Å². The molecular weight excluding hydrogens is 308 g/mol. The number of esters is 2. The third-order valence-corrected chi connectivity index (χ3v) is 3.83. The monoisotopic (exact) mass is 338 g/mol. The third kappa shape index (κ3) is 7.53. The van der Waals surface area contributed by atoms with Crippen molar-refractivity contribution >= 4 is 11.9 Å². The van der Waals surface area contributed by atoms with Crippen molar-refractivity contribution < 1.29 is 19.1 Å². The minimum Gasteiger partial charge on any atom is -0.463 e. The topological polar surface area (TPSA) is 76.7 Å². The predicted molar refractivity (Wildman–Crippen MR) is 93.1 cm³/mol. The molecule has 0 amide bonds. The van der Waals surface area contributed by atoms with Crippen molar-refractivity contribution in [2.45, 2.75) is 65.5 Å². The third-order valence-electron chi connectivity index (χ3n) is 3.83. The highest BCUT2D eigenvalue weighted by Crippen LogP contribution is 2.20. The van der Waals surface area contributed by atoms with Crippen LogP contribution in [0.5, 0.6) is 0 Å². The van der Waals surface area contributed by atoms with Crippen molar-refractivity contribution in [1.82, 2.24) is 10.6 Å². The van der Waals surface area contributed by atoms with Crippen LogP contribution in [0, 0.1) is 0 Å². The molecule has 1 rings (SSSR count). The van der Waals surface area contributed by atoms with Crippen molar-refractivity contribution in [3.8, 4) is 0 Å². The van der Waals surface area contributed by atoms with E-state index in [0.717, 1.165) is 37.1 Å². The fourth-order valence-electron chi connectivity index (χ4n) is 2.87. The Morgan fingerprint density at radius 2 is 1.25 bits per heavy atom. The smallest absolute Gasteiger partial charge is 0.332 e. The van der Waals surface area contributed by atoms with Gasteiger partial charge < -0.3 is 20.1 Å². The van der Waals surface area contributed by atoms with Gasteiger partial charge in [0.2, 0.25) is 0 Å². The summed E-state index contributed by atoms with van der Waals surface area (Å²) in [6.07, 6.45) is 7.27. The van der Waals surface area contributed by atoms with Crippen LogP contribution in [0.1, 0.15) is 53.4 Å². The van der Waals surface area contributed by atoms with Crippen LogP contribution >= 0.6 is 0 Å². The minimum atomic E-state index is -0.332. The summed E-state index contributed by atoms with van der Waals surface area (Å²) in [5.41, 5.74) is 1.58. The van der Waals surface area contributed by atoms with Gasteiger partial charge in [-0.1, -0.05) is 12.8 Å². The molecule has 0 heterocycles. The highest BCUT2D eigenvalue weighted by atomic mass is 16.5. The van der Waals surface area contributed by atoms with Gasteiger partial charge in [-0.3, -0.25) is 0 Å². The van der Waals surface area contributed by atoms with Crippen molar-refractivity contribution in [3.05, 3.63) is 23.5 Å². The van der Waals surface area contributed by atoms with Gasteiger partial charge in [0.05, 0.1) is 13.2 Å². The second kappa shape index (κ2) is 10.7. The Labute approximate surface area is 144 Å². The molecule has 0 unspecified atom stereocenters. The second-order valence-corrected chi connectivity index (χ2v) is 5.94. The first-order valence-electron chi connectivity index (χ1n) is 8.69. The molecule has 0 saturated heterocycles. The zero-order chi connectivity index (χ0) is 17.9. The standard InChI is InChI=1S/C18H30N2O4/c1-5-23-17(21)11-13(3)19-15-9-7-8-10-16(15)20-14(4)12-18(22)24-6-2/h11-12,15-16,19-20H,5-10H2,1-4H3/b13-11-,14-12-/t15-,16-/m0/s1. The van der Waals surface area contributed by atoms with Gasteiger partial charge in [0.1, 0.15) is 0 Å². The molecule has 0 aromatic carbocycles. The summed E-state index contributed by atoms with van der Waals surface area (Å²) in [6.45, 7) is 8.04. The maximum absolute atomic E-state index is 11.5. The largest absolute Gasteiger partial charge is 0.463 e. The second-order valence-electron chi connectivity index (χ2n) is 5.94. The molecule has 1 fully saturated rings. The van der Waals surface area contributed by atoms with Gasteiger partial charge in [0.25, 0.3) is 0 Å². The Balaban J connectivity index is 2.64. The van der Waals surface area contributed by atoms with Crippen LogP contribution < -0.4 is 10.6 Å². The lowest BCUT2D eigenvalue weighted by Crippen LogP contribution is -2.48. The molecule has 1 aliphatic carbocycles. The van der Waals surface area contributed by atoms with E-state index in [4.69, 9.17) is 9.47 Å². The van der Waals surface area contributed by atoms with Crippen molar-refractivity contribution in [2.75, 3.05) is 13.2 Å². The van der Waals surface area contributed by atoms with Crippen LogP contribution in [0.2, 0.25) is 0 Å². The predicted octanol–water partition coefficient (Wildman–Crippen LogP) is 2.41. The van der Waals surface area contributed by atoms with Gasteiger partial charge in [-0.2, -0.15) is 0 Å². The number of rotatable bonds is 8. The summed E-state index contributed by atoms with van der Waals surface area (Å²) in [5.74, 6) is -0.664. The van der Waals surface area contributed by atoms with Crippen LogP contribution in [0.15, 0.2) is 23.5 Å². The van der Waals surface area contributed by atoms with Gasteiger partial charge in [0.15, 0.2) is 0 Å². The van der Waals surface area contributed by atoms with Crippen molar-refractivity contribution in [3.63, 3.8) is 0 Å². The van der Waals surface area contributed by atoms with Crippen molar-refractivity contribution in [1.29, 1.82) is 0 Å². The first-order valence-corrected chi connectivity index (χ1v) is 8.69. The number of carbonyl (C=O) groups is 2. The van der Waals surface area contributed by atoms with E-state index in [1.54, 1.807) is 13.8 Å².